The Kier molecular flexibility index (Phi) is 6.99. The smallest absolute Gasteiger partial charge is 0.267 e. The molecular formula is C21H22ClNO4S. The van der Waals surface area contributed by atoms with Crippen LogP contribution >= 0.6 is 23.4 Å². The molecule has 0 bridgehead atoms. The van der Waals surface area contributed by atoms with Gasteiger partial charge in [0.05, 0.1) is 28.6 Å². The van der Waals surface area contributed by atoms with E-state index in [-0.39, 0.29) is 17.9 Å². The Morgan fingerprint density at radius 1 is 1.14 bits per heavy atom. The van der Waals surface area contributed by atoms with Gasteiger partial charge in [-0.05, 0) is 50.1 Å². The number of imide groups is 1. The molecule has 0 saturated heterocycles. The fraction of sp³-hybridized carbons (Fsp3) is 0.333. The molecule has 0 radical (unpaired) electrons. The number of hydrogen-bond acceptors (Lipinski definition) is 5. The molecule has 0 spiro atoms. The molecule has 7 heteroatoms. The highest BCUT2D eigenvalue weighted by Crippen LogP contribution is 2.37. The lowest BCUT2D eigenvalue weighted by Gasteiger charge is -2.15. The molecule has 148 valence electrons. The molecule has 1 aromatic carbocycles. The Bertz CT molecular complexity index is 859. The number of hydrogen-bond donors (Lipinski definition) is 0. The monoisotopic (exact) mass is 419 g/mol. The molecule has 2 aromatic rings. The highest BCUT2D eigenvalue weighted by Gasteiger charge is 2.38. The lowest BCUT2D eigenvalue weighted by atomic mass is 10.1. The molecule has 1 aliphatic heterocycles. The number of rotatable bonds is 9. The number of carbonyl (C=O) groups is 2. The van der Waals surface area contributed by atoms with Crippen LogP contribution in [0.15, 0.2) is 52.0 Å². The van der Waals surface area contributed by atoms with Gasteiger partial charge in [-0.15, -0.1) is 11.8 Å². The minimum absolute atomic E-state index is 0.118. The second-order valence-corrected chi connectivity index (χ2v) is 8.04. The first-order chi connectivity index (χ1) is 13.5. The van der Waals surface area contributed by atoms with Gasteiger partial charge in [0, 0.05) is 18.2 Å². The molecule has 1 aliphatic rings. The molecule has 2 amide bonds. The van der Waals surface area contributed by atoms with Crippen LogP contribution in [-0.2, 0) is 20.1 Å². The Hall–Kier alpha value is -2.02. The molecule has 0 atom stereocenters. The second-order valence-electron chi connectivity index (χ2n) is 6.61. The zero-order valence-electron chi connectivity index (χ0n) is 15.8. The number of amides is 2. The van der Waals surface area contributed by atoms with Crippen molar-refractivity contribution in [3.8, 4) is 0 Å². The summed E-state index contributed by atoms with van der Waals surface area (Å²) in [6.07, 6.45) is 2.30. The minimum atomic E-state index is -0.279. The topological polar surface area (TPSA) is 59.8 Å². The zero-order chi connectivity index (χ0) is 20.1. The third-order valence-corrected chi connectivity index (χ3v) is 5.52. The van der Waals surface area contributed by atoms with Gasteiger partial charge < -0.3 is 9.15 Å². The van der Waals surface area contributed by atoms with E-state index in [1.54, 1.807) is 36.6 Å². The zero-order valence-corrected chi connectivity index (χ0v) is 17.4. The molecule has 0 saturated carbocycles. The van der Waals surface area contributed by atoms with E-state index < -0.39 is 0 Å². The second kappa shape index (κ2) is 9.45. The summed E-state index contributed by atoms with van der Waals surface area (Å²) in [6.45, 7) is 4.73. The number of ether oxygens (including phenoxy) is 1. The normalized spacial score (nSPS) is 14.6. The van der Waals surface area contributed by atoms with E-state index in [1.807, 2.05) is 19.9 Å². The standard InChI is InChI=1S/C21H22ClNO4S/c1-14(2)26-12-4-10-23-20(24)18(15-6-8-16(22)9-7-15)19(21(23)25)28-13-17-5-3-11-27-17/h3,5-9,11,14H,4,10,12-13H2,1-2H3. The van der Waals surface area contributed by atoms with E-state index in [2.05, 4.69) is 0 Å². The predicted molar refractivity (Wildman–Crippen MR) is 111 cm³/mol. The molecule has 0 aliphatic carbocycles. The SMILES string of the molecule is CC(C)OCCCN1C(=O)C(SCc2ccco2)=C(c2ccc(Cl)cc2)C1=O. The Labute approximate surface area is 173 Å². The summed E-state index contributed by atoms with van der Waals surface area (Å²) in [5.74, 6) is 0.676. The molecule has 2 heterocycles. The lowest BCUT2D eigenvalue weighted by molar-refractivity contribution is -0.136. The fourth-order valence-corrected chi connectivity index (χ4v) is 4.00. The predicted octanol–water partition coefficient (Wildman–Crippen LogP) is 4.76. The molecule has 0 N–H and O–H groups in total. The first-order valence-corrected chi connectivity index (χ1v) is 10.5. The summed E-state index contributed by atoms with van der Waals surface area (Å²) in [4.78, 5) is 27.8. The third-order valence-electron chi connectivity index (χ3n) is 4.17. The molecule has 28 heavy (non-hydrogen) atoms. The van der Waals surface area contributed by atoms with E-state index in [9.17, 15) is 9.59 Å². The minimum Gasteiger partial charge on any atom is -0.468 e. The van der Waals surface area contributed by atoms with Crippen LogP contribution in [0.5, 0.6) is 0 Å². The van der Waals surface area contributed by atoms with Crippen molar-refractivity contribution >= 4 is 40.8 Å². The van der Waals surface area contributed by atoms with Gasteiger partial charge in [0.15, 0.2) is 0 Å². The summed E-state index contributed by atoms with van der Waals surface area (Å²) in [6, 6.07) is 10.6. The highest BCUT2D eigenvalue weighted by atomic mass is 35.5. The van der Waals surface area contributed by atoms with E-state index >= 15 is 0 Å². The van der Waals surface area contributed by atoms with Crippen LogP contribution in [0.3, 0.4) is 0 Å². The van der Waals surface area contributed by atoms with Gasteiger partial charge >= 0.3 is 0 Å². The highest BCUT2D eigenvalue weighted by molar-refractivity contribution is 8.03. The number of nitrogens with zero attached hydrogens (tertiary/aromatic N) is 1. The first kappa shape index (κ1) is 20.7. The van der Waals surface area contributed by atoms with Crippen molar-refractivity contribution in [2.24, 2.45) is 0 Å². The van der Waals surface area contributed by atoms with Crippen LogP contribution in [0.4, 0.5) is 0 Å². The molecule has 0 fully saturated rings. The first-order valence-electron chi connectivity index (χ1n) is 9.10. The summed E-state index contributed by atoms with van der Waals surface area (Å²) in [5.41, 5.74) is 1.11. The molecule has 3 rings (SSSR count). The summed E-state index contributed by atoms with van der Waals surface area (Å²) < 4.78 is 10.9. The van der Waals surface area contributed by atoms with Crippen LogP contribution in [0.1, 0.15) is 31.6 Å². The number of benzene rings is 1. The van der Waals surface area contributed by atoms with Gasteiger partial charge in [0.25, 0.3) is 11.8 Å². The van der Waals surface area contributed by atoms with Gasteiger partial charge in [0.2, 0.25) is 0 Å². The summed E-state index contributed by atoms with van der Waals surface area (Å²) in [5, 5.41) is 0.577. The van der Waals surface area contributed by atoms with Crippen molar-refractivity contribution < 1.29 is 18.7 Å². The Morgan fingerprint density at radius 2 is 1.89 bits per heavy atom. The Morgan fingerprint density at radius 3 is 2.54 bits per heavy atom. The largest absolute Gasteiger partial charge is 0.468 e. The van der Waals surface area contributed by atoms with Crippen molar-refractivity contribution in [1.82, 2.24) is 4.90 Å². The van der Waals surface area contributed by atoms with Crippen LogP contribution in [0.2, 0.25) is 5.02 Å². The van der Waals surface area contributed by atoms with Crippen molar-refractivity contribution in [1.29, 1.82) is 0 Å². The molecule has 1 aromatic heterocycles. The maximum absolute atomic E-state index is 13.0. The van der Waals surface area contributed by atoms with Gasteiger partial charge in [-0.1, -0.05) is 23.7 Å². The average molecular weight is 420 g/mol. The van der Waals surface area contributed by atoms with Crippen LogP contribution in [-0.4, -0.2) is 36.0 Å². The fourth-order valence-electron chi connectivity index (χ4n) is 2.84. The van der Waals surface area contributed by atoms with Crippen molar-refractivity contribution in [2.75, 3.05) is 13.2 Å². The molecule has 5 nitrogen and oxygen atoms in total. The maximum Gasteiger partial charge on any atom is 0.267 e. The van der Waals surface area contributed by atoms with Crippen molar-refractivity contribution in [2.45, 2.75) is 32.1 Å². The van der Waals surface area contributed by atoms with Crippen LogP contribution in [0, 0.1) is 0 Å². The van der Waals surface area contributed by atoms with E-state index in [1.165, 1.54) is 16.7 Å². The number of halogens is 1. The van der Waals surface area contributed by atoms with Gasteiger partial charge in [-0.25, -0.2) is 0 Å². The van der Waals surface area contributed by atoms with Gasteiger partial charge in [-0.2, -0.15) is 0 Å². The van der Waals surface area contributed by atoms with E-state index in [0.717, 1.165) is 5.76 Å². The lowest BCUT2D eigenvalue weighted by Crippen LogP contribution is -2.33. The number of thioether (sulfide) groups is 1. The van der Waals surface area contributed by atoms with E-state index in [0.29, 0.717) is 46.4 Å². The third kappa shape index (κ3) is 4.87. The molecular weight excluding hydrogens is 398 g/mol. The van der Waals surface area contributed by atoms with Crippen molar-refractivity contribution in [3.05, 3.63) is 63.9 Å². The van der Waals surface area contributed by atoms with Crippen LogP contribution < -0.4 is 0 Å². The summed E-state index contributed by atoms with van der Waals surface area (Å²) in [7, 11) is 0. The number of furan rings is 1. The quantitative estimate of drug-likeness (QED) is 0.433. The van der Waals surface area contributed by atoms with Crippen LogP contribution in [0.25, 0.3) is 5.57 Å². The molecule has 0 unspecified atom stereocenters. The van der Waals surface area contributed by atoms with Gasteiger partial charge in [0.1, 0.15) is 5.76 Å². The maximum atomic E-state index is 13.0. The van der Waals surface area contributed by atoms with Gasteiger partial charge in [-0.3, -0.25) is 14.5 Å². The number of carbonyl (C=O) groups excluding carboxylic acids is 2. The van der Waals surface area contributed by atoms with Crippen molar-refractivity contribution in [3.63, 3.8) is 0 Å². The summed E-state index contributed by atoms with van der Waals surface area (Å²) >= 11 is 7.30. The van der Waals surface area contributed by atoms with E-state index in [4.69, 9.17) is 20.8 Å². The average Bonchev–Trinajstić information content (AvgIpc) is 3.25. The Balaban J connectivity index is 1.81.